The molecule has 32 heavy (non-hydrogen) atoms. The minimum Gasteiger partial charge on any atom is -0.369 e. The number of fused-ring (bicyclic) bond motifs is 1. The first kappa shape index (κ1) is 22.1. The van der Waals surface area contributed by atoms with Gasteiger partial charge < -0.3 is 11.1 Å². The third-order valence-corrected chi connectivity index (χ3v) is 7.64. The highest BCUT2D eigenvalue weighted by Gasteiger charge is 2.36. The lowest BCUT2D eigenvalue weighted by Gasteiger charge is -2.21. The Hall–Kier alpha value is -3.07. The summed E-state index contributed by atoms with van der Waals surface area (Å²) in [5.41, 5.74) is 9.63. The summed E-state index contributed by atoms with van der Waals surface area (Å²) in [4.78, 5) is 18.7. The van der Waals surface area contributed by atoms with Crippen LogP contribution in [0.25, 0.3) is 0 Å². The van der Waals surface area contributed by atoms with Crippen molar-refractivity contribution in [2.75, 3.05) is 24.5 Å². The van der Waals surface area contributed by atoms with Crippen LogP contribution in [-0.4, -0.2) is 44.3 Å². The number of benzene rings is 2. The zero-order valence-electron chi connectivity index (χ0n) is 18.6. The maximum atomic E-state index is 13.4. The van der Waals surface area contributed by atoms with Crippen LogP contribution < -0.4 is 16.0 Å². The highest BCUT2D eigenvalue weighted by molar-refractivity contribution is 7.89. The lowest BCUT2D eigenvalue weighted by atomic mass is 10.0. The van der Waals surface area contributed by atoms with Crippen LogP contribution in [0.5, 0.6) is 0 Å². The summed E-state index contributed by atoms with van der Waals surface area (Å²) in [5, 5.41) is 2.91. The number of hydrogen-bond acceptors (Lipinski definition) is 5. The number of carbonyl (C=O) groups is 1. The molecular weight excluding hydrogens is 426 g/mol. The number of nitrogens with one attached hydrogen (secondary N) is 1. The number of hydrogen-bond donors (Lipinski definition) is 2. The van der Waals surface area contributed by atoms with Crippen molar-refractivity contribution in [3.63, 3.8) is 0 Å². The van der Waals surface area contributed by atoms with E-state index in [2.05, 4.69) is 10.3 Å². The Labute approximate surface area is 189 Å². The Morgan fingerprint density at radius 3 is 2.72 bits per heavy atom. The van der Waals surface area contributed by atoms with E-state index in [0.717, 1.165) is 22.4 Å². The van der Waals surface area contributed by atoms with Crippen LogP contribution in [0.4, 0.5) is 10.5 Å². The van der Waals surface area contributed by atoms with Crippen molar-refractivity contribution in [2.24, 2.45) is 16.6 Å². The molecule has 8 nitrogen and oxygen atoms in total. The van der Waals surface area contributed by atoms with Gasteiger partial charge in [-0.3, -0.25) is 4.90 Å². The van der Waals surface area contributed by atoms with Gasteiger partial charge in [-0.15, -0.1) is 0 Å². The molecule has 2 aliphatic rings. The molecule has 0 bridgehead atoms. The molecule has 4 rings (SSSR count). The van der Waals surface area contributed by atoms with E-state index in [1.165, 1.54) is 10.4 Å². The Morgan fingerprint density at radius 2 is 2.00 bits per heavy atom. The van der Waals surface area contributed by atoms with Crippen molar-refractivity contribution in [1.82, 2.24) is 9.62 Å². The van der Waals surface area contributed by atoms with E-state index in [-0.39, 0.29) is 29.5 Å². The van der Waals surface area contributed by atoms with E-state index < -0.39 is 10.0 Å². The molecule has 2 amide bonds. The lowest BCUT2D eigenvalue weighted by molar-refractivity contribution is 0.245. The van der Waals surface area contributed by atoms with E-state index in [1.54, 1.807) is 17.0 Å². The van der Waals surface area contributed by atoms with Crippen molar-refractivity contribution in [1.29, 1.82) is 0 Å². The van der Waals surface area contributed by atoms with Crippen LogP contribution in [0, 0.1) is 12.8 Å². The number of guanidine groups is 1. The smallest absolute Gasteiger partial charge is 0.321 e. The molecule has 0 radical (unpaired) electrons. The first-order valence-corrected chi connectivity index (χ1v) is 12.2. The van der Waals surface area contributed by atoms with Crippen molar-refractivity contribution in [2.45, 2.75) is 38.1 Å². The van der Waals surface area contributed by atoms with Crippen LogP contribution in [0.3, 0.4) is 0 Å². The molecule has 2 aliphatic heterocycles. The number of sulfonamides is 1. The Balaban J connectivity index is 1.55. The van der Waals surface area contributed by atoms with Gasteiger partial charge in [0.15, 0.2) is 0 Å². The zero-order valence-corrected chi connectivity index (χ0v) is 19.4. The van der Waals surface area contributed by atoms with E-state index in [9.17, 15) is 13.2 Å². The molecule has 2 aromatic carbocycles. The molecule has 1 atom stereocenters. The Kier molecular flexibility index (Phi) is 5.85. The summed E-state index contributed by atoms with van der Waals surface area (Å²) in [6, 6.07) is 12.2. The Morgan fingerprint density at radius 1 is 1.25 bits per heavy atom. The van der Waals surface area contributed by atoms with E-state index in [1.807, 2.05) is 45.0 Å². The SMILES string of the molecule is Cc1ccccc1[C@H]1CN(S(=O)(=O)c2ccc3c(c2)CCN3C(=O)NCC(C)C)C(N)=N1. The molecule has 0 unspecified atom stereocenters. The number of rotatable bonds is 5. The van der Waals surface area contributed by atoms with Gasteiger partial charge in [-0.05, 0) is 54.2 Å². The third kappa shape index (κ3) is 4.04. The maximum absolute atomic E-state index is 13.4. The second-order valence-electron chi connectivity index (χ2n) is 8.67. The van der Waals surface area contributed by atoms with Crippen LogP contribution in [0.2, 0.25) is 0 Å². The predicted molar refractivity (Wildman–Crippen MR) is 125 cm³/mol. The fourth-order valence-electron chi connectivity index (χ4n) is 4.13. The average Bonchev–Trinajstić information content (AvgIpc) is 3.35. The molecule has 0 saturated carbocycles. The van der Waals surface area contributed by atoms with E-state index >= 15 is 0 Å². The number of aryl methyl sites for hydroxylation is 1. The average molecular weight is 456 g/mol. The molecular formula is C23H29N5O3S. The monoisotopic (exact) mass is 455 g/mol. The van der Waals surface area contributed by atoms with Gasteiger partial charge in [0.05, 0.1) is 17.5 Å². The van der Waals surface area contributed by atoms with E-state index in [4.69, 9.17) is 5.73 Å². The van der Waals surface area contributed by atoms with Crippen molar-refractivity contribution in [3.8, 4) is 0 Å². The Bertz CT molecular complexity index is 1180. The summed E-state index contributed by atoms with van der Waals surface area (Å²) in [7, 11) is -3.86. The van der Waals surface area contributed by atoms with Gasteiger partial charge in [-0.25, -0.2) is 22.5 Å². The second-order valence-corrected chi connectivity index (χ2v) is 10.5. The van der Waals surface area contributed by atoms with Crippen LogP contribution in [0.1, 0.15) is 36.6 Å². The van der Waals surface area contributed by atoms with Crippen molar-refractivity contribution in [3.05, 3.63) is 59.2 Å². The van der Waals surface area contributed by atoms with Gasteiger partial charge in [0.2, 0.25) is 5.96 Å². The lowest BCUT2D eigenvalue weighted by Crippen LogP contribution is -2.40. The first-order chi connectivity index (χ1) is 15.2. The molecule has 0 saturated heterocycles. The molecule has 0 fully saturated rings. The zero-order chi connectivity index (χ0) is 23.0. The summed E-state index contributed by atoms with van der Waals surface area (Å²) < 4.78 is 27.9. The second kappa shape index (κ2) is 8.46. The highest BCUT2D eigenvalue weighted by Crippen LogP contribution is 2.34. The maximum Gasteiger partial charge on any atom is 0.321 e. The summed E-state index contributed by atoms with van der Waals surface area (Å²) in [6.45, 7) is 7.32. The predicted octanol–water partition coefficient (Wildman–Crippen LogP) is 2.78. The fourth-order valence-corrected chi connectivity index (χ4v) is 5.55. The fraction of sp³-hybridized carbons (Fsp3) is 0.391. The van der Waals surface area contributed by atoms with Gasteiger partial charge >= 0.3 is 6.03 Å². The minimum atomic E-state index is -3.86. The number of aliphatic imine (C=N–C) groups is 1. The van der Waals surface area contributed by atoms with Gasteiger partial charge in [0.25, 0.3) is 10.0 Å². The summed E-state index contributed by atoms with van der Waals surface area (Å²) in [5.74, 6) is 0.345. The standard InChI is InChI=1S/C23H29N5O3S/c1-15(2)13-25-23(29)27-11-10-17-12-18(8-9-21(17)27)32(30,31)28-14-20(26-22(28)24)19-7-5-4-6-16(19)3/h4-9,12,15,20H,10-11,13-14H2,1-3H3,(H2,24,26)(H,25,29)/t20-/m1/s1. The van der Waals surface area contributed by atoms with E-state index in [0.29, 0.717) is 25.4 Å². The number of nitrogens with two attached hydrogens (primary N) is 1. The third-order valence-electron chi connectivity index (χ3n) is 5.87. The number of amides is 2. The quantitative estimate of drug-likeness (QED) is 0.723. The van der Waals surface area contributed by atoms with Gasteiger partial charge in [0, 0.05) is 18.8 Å². The molecule has 2 aromatic rings. The van der Waals surface area contributed by atoms with Crippen molar-refractivity contribution >= 4 is 27.7 Å². The van der Waals surface area contributed by atoms with Gasteiger partial charge in [0.1, 0.15) is 0 Å². The first-order valence-electron chi connectivity index (χ1n) is 10.8. The molecule has 170 valence electrons. The molecule has 0 aromatic heterocycles. The molecule has 0 spiro atoms. The van der Waals surface area contributed by atoms with Crippen LogP contribution in [-0.2, 0) is 16.4 Å². The molecule has 0 aliphatic carbocycles. The van der Waals surface area contributed by atoms with Crippen molar-refractivity contribution < 1.29 is 13.2 Å². The van der Waals surface area contributed by atoms with Crippen LogP contribution >= 0.6 is 0 Å². The number of carbonyl (C=O) groups excluding carboxylic acids is 1. The van der Waals surface area contributed by atoms with Crippen LogP contribution in [0.15, 0.2) is 52.4 Å². The largest absolute Gasteiger partial charge is 0.369 e. The number of nitrogens with zero attached hydrogens (tertiary/aromatic N) is 3. The number of anilines is 1. The topological polar surface area (TPSA) is 108 Å². The highest BCUT2D eigenvalue weighted by atomic mass is 32.2. The summed E-state index contributed by atoms with van der Waals surface area (Å²) >= 11 is 0. The molecule has 3 N–H and O–H groups in total. The molecule has 9 heteroatoms. The van der Waals surface area contributed by atoms with Gasteiger partial charge in [-0.1, -0.05) is 38.1 Å². The van der Waals surface area contributed by atoms with Gasteiger partial charge in [-0.2, -0.15) is 0 Å². The minimum absolute atomic E-state index is 0.00607. The number of urea groups is 1. The normalized spacial score (nSPS) is 18.1. The molecule has 2 heterocycles. The summed E-state index contributed by atoms with van der Waals surface area (Å²) in [6.07, 6.45) is 0.600.